The highest BCUT2D eigenvalue weighted by atomic mass is 35.5. The van der Waals surface area contributed by atoms with Crippen LogP contribution >= 0.6 is 23.2 Å². The van der Waals surface area contributed by atoms with Crippen LogP contribution in [0.2, 0.25) is 0 Å². The Balaban J connectivity index is 1.73. The topological polar surface area (TPSA) is 12.5 Å². The third-order valence-electron chi connectivity index (χ3n) is 4.71. The van der Waals surface area contributed by atoms with Crippen molar-refractivity contribution in [1.29, 1.82) is 0 Å². The molecule has 1 heterocycles. The van der Waals surface area contributed by atoms with Gasteiger partial charge in [-0.1, -0.05) is 0 Å². The lowest BCUT2D eigenvalue weighted by Crippen LogP contribution is -2.36. The van der Waals surface area contributed by atoms with Crippen molar-refractivity contribution in [1.82, 2.24) is 0 Å². The maximum absolute atomic E-state index is 6.32. The molecule has 8 atom stereocenters. The summed E-state index contributed by atoms with van der Waals surface area (Å²) in [6.45, 7) is 0. The van der Waals surface area contributed by atoms with Gasteiger partial charge in [0.2, 0.25) is 0 Å². The van der Waals surface area contributed by atoms with E-state index >= 15 is 0 Å². The molecule has 0 spiro atoms. The summed E-state index contributed by atoms with van der Waals surface area (Å²) in [6.07, 6.45) is 3.70. The lowest BCUT2D eigenvalue weighted by Gasteiger charge is -2.32. The molecular formula is C10H12Cl2O. The van der Waals surface area contributed by atoms with Gasteiger partial charge in [0.1, 0.15) is 0 Å². The maximum atomic E-state index is 6.32. The fourth-order valence-corrected chi connectivity index (χ4v) is 5.14. The average Bonchev–Trinajstić information content (AvgIpc) is 2.53. The second kappa shape index (κ2) is 2.20. The summed E-state index contributed by atoms with van der Waals surface area (Å²) in [4.78, 5) is 0. The van der Waals surface area contributed by atoms with E-state index in [0.29, 0.717) is 24.0 Å². The number of ether oxygens (including phenoxy) is 1. The summed E-state index contributed by atoms with van der Waals surface area (Å²) in [5.41, 5.74) is 0. The van der Waals surface area contributed by atoms with E-state index in [9.17, 15) is 0 Å². The predicted octanol–water partition coefficient (Wildman–Crippen LogP) is 2.25. The van der Waals surface area contributed by atoms with Crippen molar-refractivity contribution in [2.45, 2.75) is 35.8 Å². The third-order valence-corrected chi connectivity index (χ3v) is 6.03. The number of alkyl halides is 2. The molecule has 2 bridgehead atoms. The number of hydrogen-bond acceptors (Lipinski definition) is 1. The zero-order chi connectivity index (χ0) is 8.74. The van der Waals surface area contributed by atoms with E-state index in [-0.39, 0.29) is 10.8 Å². The van der Waals surface area contributed by atoms with Crippen molar-refractivity contribution < 1.29 is 4.74 Å². The predicted molar refractivity (Wildman–Crippen MR) is 51.1 cm³/mol. The van der Waals surface area contributed by atoms with Crippen LogP contribution in [-0.4, -0.2) is 23.0 Å². The highest BCUT2D eigenvalue weighted by Crippen LogP contribution is 2.66. The van der Waals surface area contributed by atoms with Crippen LogP contribution in [0.4, 0.5) is 0 Å². The molecule has 1 nitrogen and oxygen atoms in total. The minimum absolute atomic E-state index is 0.218. The molecule has 3 aliphatic carbocycles. The van der Waals surface area contributed by atoms with E-state index in [1.165, 1.54) is 12.8 Å². The Hall–Kier alpha value is 0.540. The second-order valence-electron chi connectivity index (χ2n) is 5.07. The molecule has 0 unspecified atom stereocenters. The van der Waals surface area contributed by atoms with Crippen LogP contribution in [0.5, 0.6) is 0 Å². The van der Waals surface area contributed by atoms with Crippen LogP contribution in [0.25, 0.3) is 0 Å². The molecule has 3 heteroatoms. The summed E-state index contributed by atoms with van der Waals surface area (Å²) < 4.78 is 5.60. The van der Waals surface area contributed by atoms with Crippen LogP contribution in [0, 0.1) is 23.7 Å². The molecular weight excluding hydrogens is 207 g/mol. The fraction of sp³-hybridized carbons (Fsp3) is 1.00. The maximum Gasteiger partial charge on any atom is 0.0876 e. The first-order valence-corrected chi connectivity index (χ1v) is 6.08. The molecule has 0 radical (unpaired) electrons. The quantitative estimate of drug-likeness (QED) is 0.449. The van der Waals surface area contributed by atoms with Crippen molar-refractivity contribution in [3.05, 3.63) is 0 Å². The number of fused-ring (bicyclic) bond motifs is 7. The second-order valence-corrected chi connectivity index (χ2v) is 6.08. The van der Waals surface area contributed by atoms with Gasteiger partial charge in [0.05, 0.1) is 23.0 Å². The SMILES string of the molecule is Cl[C@@H]1[C@H](Cl)[C@@H]2C[C@@H]1[C@@H]1[C@@H]2C[C@H]2O[C@H]12. The summed E-state index contributed by atoms with van der Waals surface area (Å²) in [6, 6.07) is 0. The van der Waals surface area contributed by atoms with E-state index in [4.69, 9.17) is 27.9 Å². The van der Waals surface area contributed by atoms with Gasteiger partial charge in [0, 0.05) is 0 Å². The van der Waals surface area contributed by atoms with Crippen molar-refractivity contribution in [2.75, 3.05) is 0 Å². The third kappa shape index (κ3) is 0.770. The zero-order valence-corrected chi connectivity index (χ0v) is 8.71. The van der Waals surface area contributed by atoms with Gasteiger partial charge in [-0.2, -0.15) is 0 Å². The van der Waals surface area contributed by atoms with Crippen LogP contribution < -0.4 is 0 Å². The Morgan fingerprint density at radius 2 is 1.69 bits per heavy atom. The molecule has 1 saturated heterocycles. The first-order valence-electron chi connectivity index (χ1n) is 5.21. The average molecular weight is 219 g/mol. The Labute approximate surface area is 87.7 Å². The normalized spacial score (nSPS) is 72.5. The van der Waals surface area contributed by atoms with Crippen LogP contribution in [-0.2, 0) is 4.74 Å². The molecule has 0 aromatic carbocycles. The molecule has 4 rings (SSSR count). The molecule has 0 aromatic rings. The van der Waals surface area contributed by atoms with Gasteiger partial charge in [-0.25, -0.2) is 0 Å². The molecule has 0 aromatic heterocycles. The van der Waals surface area contributed by atoms with Gasteiger partial charge in [-0.05, 0) is 36.5 Å². The Bertz CT molecular complexity index is 270. The monoisotopic (exact) mass is 218 g/mol. The highest BCUT2D eigenvalue weighted by molar-refractivity contribution is 6.30. The Morgan fingerprint density at radius 1 is 0.923 bits per heavy atom. The lowest BCUT2D eigenvalue weighted by molar-refractivity contribution is 0.151. The number of rotatable bonds is 0. The minimum atomic E-state index is 0.218. The molecule has 3 saturated carbocycles. The highest BCUT2D eigenvalue weighted by Gasteiger charge is 2.68. The smallest absolute Gasteiger partial charge is 0.0876 e. The van der Waals surface area contributed by atoms with E-state index in [1.54, 1.807) is 0 Å². The van der Waals surface area contributed by atoms with Crippen molar-refractivity contribution in [3.63, 3.8) is 0 Å². The summed E-state index contributed by atoms with van der Waals surface area (Å²) >= 11 is 12.6. The first-order chi connectivity index (χ1) is 6.27. The van der Waals surface area contributed by atoms with Gasteiger partial charge in [-0.3, -0.25) is 0 Å². The summed E-state index contributed by atoms with van der Waals surface area (Å²) in [5.74, 6) is 2.99. The van der Waals surface area contributed by atoms with Crippen LogP contribution in [0.1, 0.15) is 12.8 Å². The number of epoxide rings is 1. The minimum Gasteiger partial charge on any atom is -0.369 e. The molecule has 4 fully saturated rings. The van der Waals surface area contributed by atoms with Crippen LogP contribution in [0.3, 0.4) is 0 Å². The van der Waals surface area contributed by atoms with Gasteiger partial charge in [-0.15, -0.1) is 23.2 Å². The van der Waals surface area contributed by atoms with E-state index in [1.807, 2.05) is 0 Å². The van der Waals surface area contributed by atoms with E-state index < -0.39 is 0 Å². The van der Waals surface area contributed by atoms with E-state index in [0.717, 1.165) is 11.8 Å². The molecule has 72 valence electrons. The largest absolute Gasteiger partial charge is 0.369 e. The van der Waals surface area contributed by atoms with Crippen LogP contribution in [0.15, 0.2) is 0 Å². The molecule has 0 N–H and O–H groups in total. The lowest BCUT2D eigenvalue weighted by atomic mass is 9.80. The number of halogens is 2. The van der Waals surface area contributed by atoms with Crippen molar-refractivity contribution in [2.24, 2.45) is 23.7 Å². The van der Waals surface area contributed by atoms with Gasteiger partial charge in [0.15, 0.2) is 0 Å². The molecule has 4 aliphatic rings. The first kappa shape index (κ1) is 7.78. The Kier molecular flexibility index (Phi) is 1.32. The van der Waals surface area contributed by atoms with Gasteiger partial charge in [0.25, 0.3) is 0 Å². The molecule has 0 amide bonds. The van der Waals surface area contributed by atoms with Crippen molar-refractivity contribution >= 4 is 23.2 Å². The molecule has 13 heavy (non-hydrogen) atoms. The van der Waals surface area contributed by atoms with E-state index in [2.05, 4.69) is 0 Å². The zero-order valence-electron chi connectivity index (χ0n) is 7.20. The standard InChI is InChI=1S/C10H12Cl2O/c11-8-4-1-5(9(8)12)7-3(4)2-6-10(7)13-6/h3-10H,1-2H2/t3-,4-,5-,6-,7+,8-,9+,10+/m1/s1. The van der Waals surface area contributed by atoms with Crippen molar-refractivity contribution in [3.8, 4) is 0 Å². The Morgan fingerprint density at radius 3 is 2.54 bits per heavy atom. The summed E-state index contributed by atoms with van der Waals surface area (Å²) in [7, 11) is 0. The summed E-state index contributed by atoms with van der Waals surface area (Å²) in [5, 5.41) is 0.460. The fourth-order valence-electron chi connectivity index (χ4n) is 4.20. The van der Waals surface area contributed by atoms with Gasteiger partial charge >= 0.3 is 0 Å². The number of hydrogen-bond donors (Lipinski definition) is 0. The van der Waals surface area contributed by atoms with Gasteiger partial charge < -0.3 is 4.74 Å². The molecule has 1 aliphatic heterocycles.